The van der Waals surface area contributed by atoms with Gasteiger partial charge in [0, 0.05) is 0 Å². The van der Waals surface area contributed by atoms with Gasteiger partial charge in [-0.2, -0.15) is 26.3 Å². The number of hydrogen-bond donors (Lipinski definition) is 2. The molecular formula is C28H36F6N2O4. The Hall–Kier alpha value is -3.12. The summed E-state index contributed by atoms with van der Waals surface area (Å²) in [6.45, 7) is 8.43. The second-order valence-corrected chi connectivity index (χ2v) is 10.5. The first-order valence-electron chi connectivity index (χ1n) is 12.4. The fourth-order valence-corrected chi connectivity index (χ4v) is 3.38. The van der Waals surface area contributed by atoms with Crippen LogP contribution in [0, 0.1) is 5.92 Å². The van der Waals surface area contributed by atoms with Crippen LogP contribution in [0.3, 0.4) is 0 Å². The maximum atomic E-state index is 12.8. The molecule has 2 rings (SSSR count). The van der Waals surface area contributed by atoms with E-state index in [1.807, 2.05) is 0 Å². The zero-order valence-corrected chi connectivity index (χ0v) is 22.9. The standard InChI is InChI=1S/2C14H18F3NO2/c1-13(2,3)20-12(19)10(11(18)14(15,16)17)9-7-5-4-6-8-9;1-9(2)8-20-13(19)11(12(18)14(15,16)17)10-6-4-3-5-7-10/h4-8,10-11H,18H2,1-3H3;3-7,9,11-12H,8,18H2,1-2H3/t10-,11-;11-,12-/m00/s1. The summed E-state index contributed by atoms with van der Waals surface area (Å²) in [5, 5.41) is 0. The Bertz CT molecular complexity index is 1050. The molecule has 4 atom stereocenters. The number of benzene rings is 2. The number of halogens is 6. The Balaban J connectivity index is 0.000000400. The molecule has 0 saturated carbocycles. The van der Waals surface area contributed by atoms with Crippen LogP contribution in [0.5, 0.6) is 0 Å². The topological polar surface area (TPSA) is 105 Å². The van der Waals surface area contributed by atoms with E-state index in [-0.39, 0.29) is 23.7 Å². The zero-order valence-electron chi connectivity index (χ0n) is 22.9. The molecule has 224 valence electrons. The number of ether oxygens (including phenoxy) is 2. The summed E-state index contributed by atoms with van der Waals surface area (Å²) in [6.07, 6.45) is -9.35. The number of carbonyl (C=O) groups excluding carboxylic acids is 2. The fourth-order valence-electron chi connectivity index (χ4n) is 3.38. The van der Waals surface area contributed by atoms with Gasteiger partial charge in [0.2, 0.25) is 0 Å². The molecule has 2 aromatic carbocycles. The molecule has 0 bridgehead atoms. The van der Waals surface area contributed by atoms with Crippen LogP contribution in [0.25, 0.3) is 0 Å². The van der Waals surface area contributed by atoms with Gasteiger partial charge >= 0.3 is 24.3 Å². The van der Waals surface area contributed by atoms with Crippen molar-refractivity contribution in [2.75, 3.05) is 6.61 Å². The normalized spacial score (nSPS) is 15.2. The van der Waals surface area contributed by atoms with Gasteiger partial charge in [-0.25, -0.2) is 0 Å². The van der Waals surface area contributed by atoms with Crippen LogP contribution < -0.4 is 11.5 Å². The molecule has 0 spiro atoms. The average Bonchev–Trinajstić information content (AvgIpc) is 2.82. The summed E-state index contributed by atoms with van der Waals surface area (Å²) < 4.78 is 86.9. The molecule has 40 heavy (non-hydrogen) atoms. The smallest absolute Gasteiger partial charge is 0.404 e. The summed E-state index contributed by atoms with van der Waals surface area (Å²) in [4.78, 5) is 24.0. The van der Waals surface area contributed by atoms with Crippen molar-refractivity contribution in [3.63, 3.8) is 0 Å². The van der Waals surface area contributed by atoms with E-state index in [4.69, 9.17) is 20.9 Å². The average molecular weight is 579 g/mol. The van der Waals surface area contributed by atoms with Crippen molar-refractivity contribution >= 4 is 11.9 Å². The molecule has 0 aliphatic heterocycles. The maximum Gasteiger partial charge on any atom is 0.404 e. The molecule has 0 unspecified atom stereocenters. The van der Waals surface area contributed by atoms with E-state index in [1.165, 1.54) is 24.3 Å². The van der Waals surface area contributed by atoms with Crippen LogP contribution in [-0.4, -0.2) is 48.6 Å². The number of rotatable bonds is 8. The Labute approximate surface area is 230 Å². The van der Waals surface area contributed by atoms with Crippen LogP contribution in [0.4, 0.5) is 26.3 Å². The third kappa shape index (κ3) is 11.5. The van der Waals surface area contributed by atoms with E-state index in [2.05, 4.69) is 0 Å². The minimum atomic E-state index is -4.68. The molecule has 2 aromatic rings. The molecule has 0 aliphatic rings. The van der Waals surface area contributed by atoms with E-state index < -0.39 is 53.8 Å². The van der Waals surface area contributed by atoms with Crippen LogP contribution in [0.1, 0.15) is 57.6 Å². The monoisotopic (exact) mass is 578 g/mol. The highest BCUT2D eigenvalue weighted by Crippen LogP contribution is 2.33. The van der Waals surface area contributed by atoms with Crippen molar-refractivity contribution in [2.24, 2.45) is 17.4 Å². The molecule has 6 nitrogen and oxygen atoms in total. The van der Waals surface area contributed by atoms with Gasteiger partial charge in [0.05, 0.1) is 6.61 Å². The molecule has 0 saturated heterocycles. The largest absolute Gasteiger partial charge is 0.465 e. The Morgan fingerprint density at radius 2 is 1.05 bits per heavy atom. The van der Waals surface area contributed by atoms with Gasteiger partial charge in [0.15, 0.2) is 0 Å². The lowest BCUT2D eigenvalue weighted by atomic mass is 9.91. The first-order chi connectivity index (χ1) is 18.3. The summed E-state index contributed by atoms with van der Waals surface area (Å²) in [5.74, 6) is -5.01. The van der Waals surface area contributed by atoms with E-state index >= 15 is 0 Å². The number of hydrogen-bond acceptors (Lipinski definition) is 6. The second kappa shape index (κ2) is 14.5. The first-order valence-corrected chi connectivity index (χ1v) is 12.4. The SMILES string of the molecule is CC(C)(C)OC(=O)[C@@H](c1ccccc1)[C@H](N)C(F)(F)F.CC(C)COC(=O)[C@@H](c1ccccc1)[C@H](N)C(F)(F)F. The highest BCUT2D eigenvalue weighted by atomic mass is 19.4. The minimum absolute atomic E-state index is 0.0393. The van der Waals surface area contributed by atoms with Crippen molar-refractivity contribution < 1.29 is 45.4 Å². The fraction of sp³-hybridized carbons (Fsp3) is 0.500. The zero-order chi connectivity index (χ0) is 30.9. The number of nitrogens with two attached hydrogens (primary N) is 2. The Kier molecular flexibility index (Phi) is 12.6. The van der Waals surface area contributed by atoms with Gasteiger partial charge in [0.25, 0.3) is 0 Å². The molecule has 0 amide bonds. The number of carbonyl (C=O) groups is 2. The quantitative estimate of drug-likeness (QED) is 0.300. The van der Waals surface area contributed by atoms with Gasteiger partial charge in [-0.3, -0.25) is 9.59 Å². The molecule has 12 heteroatoms. The van der Waals surface area contributed by atoms with Crippen LogP contribution >= 0.6 is 0 Å². The lowest BCUT2D eigenvalue weighted by molar-refractivity contribution is -0.175. The predicted molar refractivity (Wildman–Crippen MR) is 138 cm³/mol. The van der Waals surface area contributed by atoms with E-state index in [0.717, 1.165) is 0 Å². The molecular weight excluding hydrogens is 542 g/mol. The first kappa shape index (κ1) is 34.9. The Morgan fingerprint density at radius 1 is 0.700 bits per heavy atom. The van der Waals surface area contributed by atoms with Gasteiger partial charge in [0.1, 0.15) is 29.5 Å². The van der Waals surface area contributed by atoms with Gasteiger partial charge in [-0.15, -0.1) is 0 Å². The maximum absolute atomic E-state index is 12.8. The van der Waals surface area contributed by atoms with Crippen molar-refractivity contribution in [3.05, 3.63) is 71.8 Å². The second-order valence-electron chi connectivity index (χ2n) is 10.5. The van der Waals surface area contributed by atoms with Gasteiger partial charge in [-0.05, 0) is 37.8 Å². The van der Waals surface area contributed by atoms with Crippen molar-refractivity contribution in [2.45, 2.75) is 76.5 Å². The molecule has 0 radical (unpaired) electrons. The highest BCUT2D eigenvalue weighted by molar-refractivity contribution is 5.80. The number of esters is 2. The predicted octanol–water partition coefficient (Wildman–Crippen LogP) is 5.86. The minimum Gasteiger partial charge on any atom is -0.465 e. The van der Waals surface area contributed by atoms with Gasteiger partial charge < -0.3 is 20.9 Å². The van der Waals surface area contributed by atoms with E-state index in [0.29, 0.717) is 0 Å². The molecule has 0 aliphatic carbocycles. The summed E-state index contributed by atoms with van der Waals surface area (Å²) in [5.41, 5.74) is 9.94. The Morgan fingerprint density at radius 3 is 1.35 bits per heavy atom. The molecule has 0 heterocycles. The molecule has 4 N–H and O–H groups in total. The third-order valence-corrected chi connectivity index (χ3v) is 5.27. The van der Waals surface area contributed by atoms with Crippen LogP contribution in [0.2, 0.25) is 0 Å². The van der Waals surface area contributed by atoms with Gasteiger partial charge in [-0.1, -0.05) is 74.5 Å². The summed E-state index contributed by atoms with van der Waals surface area (Å²) in [7, 11) is 0. The molecule has 0 aromatic heterocycles. The van der Waals surface area contributed by atoms with Crippen LogP contribution in [-0.2, 0) is 19.1 Å². The lowest BCUT2D eigenvalue weighted by Gasteiger charge is -2.28. The van der Waals surface area contributed by atoms with E-state index in [1.54, 1.807) is 71.0 Å². The van der Waals surface area contributed by atoms with Crippen LogP contribution in [0.15, 0.2) is 60.7 Å². The van der Waals surface area contributed by atoms with Crippen molar-refractivity contribution in [1.82, 2.24) is 0 Å². The lowest BCUT2D eigenvalue weighted by Crippen LogP contribution is -2.47. The van der Waals surface area contributed by atoms with Crippen molar-refractivity contribution in [3.8, 4) is 0 Å². The summed E-state index contributed by atoms with van der Waals surface area (Å²) >= 11 is 0. The summed E-state index contributed by atoms with van der Waals surface area (Å²) in [6, 6.07) is 10.7. The van der Waals surface area contributed by atoms with E-state index in [9.17, 15) is 35.9 Å². The molecule has 0 fully saturated rings. The highest BCUT2D eigenvalue weighted by Gasteiger charge is 2.47. The van der Waals surface area contributed by atoms with Crippen molar-refractivity contribution in [1.29, 1.82) is 0 Å². The number of alkyl halides is 6. The third-order valence-electron chi connectivity index (χ3n) is 5.27.